The molecule has 0 amide bonds. The zero-order valence-electron chi connectivity index (χ0n) is 13.1. The van der Waals surface area contributed by atoms with Crippen LogP contribution in [-0.4, -0.2) is 34.7 Å². The minimum atomic E-state index is 0.427. The molecule has 0 saturated heterocycles. The molecule has 0 bridgehead atoms. The molecular weight excluding hydrogens is 306 g/mol. The molecule has 1 aromatic carbocycles. The van der Waals surface area contributed by atoms with E-state index in [1.807, 2.05) is 4.68 Å². The molecular formula is C16H13N7O. The fourth-order valence-electron chi connectivity index (χ4n) is 3.08. The number of benzene rings is 1. The third-order valence-corrected chi connectivity index (χ3v) is 4.18. The SMILES string of the molecule is Cc1ccc2c(c1)-n1nncc1Cc1c(-c3nc(C)no3)ncn1-2. The van der Waals surface area contributed by atoms with Gasteiger partial charge in [-0.2, -0.15) is 4.98 Å². The zero-order valence-corrected chi connectivity index (χ0v) is 13.1. The molecule has 5 rings (SSSR count). The van der Waals surface area contributed by atoms with Gasteiger partial charge in [0.1, 0.15) is 6.33 Å². The van der Waals surface area contributed by atoms with Crippen LogP contribution in [0.5, 0.6) is 0 Å². The van der Waals surface area contributed by atoms with E-state index in [-0.39, 0.29) is 0 Å². The summed E-state index contributed by atoms with van der Waals surface area (Å²) in [6, 6.07) is 6.23. The lowest BCUT2D eigenvalue weighted by Gasteiger charge is -2.10. The molecule has 0 N–H and O–H groups in total. The van der Waals surface area contributed by atoms with E-state index < -0.39 is 0 Å². The van der Waals surface area contributed by atoms with Crippen LogP contribution in [0.2, 0.25) is 0 Å². The fraction of sp³-hybridized carbons (Fsp3) is 0.188. The average molecular weight is 319 g/mol. The summed E-state index contributed by atoms with van der Waals surface area (Å²) in [5, 5.41) is 12.2. The Balaban J connectivity index is 1.81. The first-order valence-corrected chi connectivity index (χ1v) is 7.58. The Morgan fingerprint density at radius 3 is 2.92 bits per heavy atom. The predicted molar refractivity (Wildman–Crippen MR) is 84.1 cm³/mol. The second kappa shape index (κ2) is 4.60. The van der Waals surface area contributed by atoms with Gasteiger partial charge in [0.15, 0.2) is 11.5 Å². The molecule has 1 aliphatic rings. The first kappa shape index (κ1) is 13.2. The molecule has 0 saturated carbocycles. The standard InChI is InChI=1S/C16H13N7O/c1-9-3-4-12-13(5-9)23-11(7-18-21-23)6-14-15(17-8-22(12)14)16-19-10(2)20-24-16/h3-5,7-8H,6H2,1-2H3. The predicted octanol–water partition coefficient (Wildman–Crippen LogP) is 2.02. The molecule has 8 nitrogen and oxygen atoms in total. The maximum atomic E-state index is 5.32. The highest BCUT2D eigenvalue weighted by Gasteiger charge is 2.25. The molecule has 1 aliphatic heterocycles. The number of fused-ring (bicyclic) bond motifs is 5. The lowest BCUT2D eigenvalue weighted by atomic mass is 10.2. The van der Waals surface area contributed by atoms with Gasteiger partial charge in [-0.25, -0.2) is 9.67 Å². The molecule has 0 atom stereocenters. The summed E-state index contributed by atoms with van der Waals surface area (Å²) in [7, 11) is 0. The van der Waals surface area contributed by atoms with Gasteiger partial charge in [0.05, 0.1) is 29.0 Å². The van der Waals surface area contributed by atoms with Gasteiger partial charge in [-0.3, -0.25) is 4.57 Å². The van der Waals surface area contributed by atoms with Crippen molar-refractivity contribution in [2.45, 2.75) is 20.3 Å². The summed E-state index contributed by atoms with van der Waals surface area (Å²) in [5.74, 6) is 1.01. The number of hydrogen-bond acceptors (Lipinski definition) is 6. The highest BCUT2D eigenvalue weighted by molar-refractivity contribution is 5.61. The van der Waals surface area contributed by atoms with Gasteiger partial charge >= 0.3 is 0 Å². The maximum absolute atomic E-state index is 5.32. The van der Waals surface area contributed by atoms with Crippen LogP contribution in [0.3, 0.4) is 0 Å². The number of imidazole rings is 1. The number of aromatic nitrogens is 7. The molecule has 0 aliphatic carbocycles. The van der Waals surface area contributed by atoms with Crippen LogP contribution >= 0.6 is 0 Å². The topological polar surface area (TPSA) is 87.4 Å². The van der Waals surface area contributed by atoms with E-state index in [0.717, 1.165) is 28.3 Å². The van der Waals surface area contributed by atoms with Crippen molar-refractivity contribution in [2.24, 2.45) is 0 Å². The molecule has 0 radical (unpaired) electrons. The van der Waals surface area contributed by atoms with E-state index in [1.54, 1.807) is 19.4 Å². The van der Waals surface area contributed by atoms with Crippen molar-refractivity contribution < 1.29 is 4.52 Å². The largest absolute Gasteiger partial charge is 0.332 e. The highest BCUT2D eigenvalue weighted by Crippen LogP contribution is 2.32. The van der Waals surface area contributed by atoms with Crippen molar-refractivity contribution in [1.82, 2.24) is 34.7 Å². The van der Waals surface area contributed by atoms with E-state index >= 15 is 0 Å². The third-order valence-electron chi connectivity index (χ3n) is 4.18. The molecule has 118 valence electrons. The van der Waals surface area contributed by atoms with Crippen LogP contribution in [-0.2, 0) is 6.42 Å². The molecule has 0 spiro atoms. The Labute approximate surface area is 136 Å². The Bertz CT molecular complexity index is 1070. The number of hydrogen-bond donors (Lipinski definition) is 0. The van der Waals surface area contributed by atoms with Crippen LogP contribution in [0.4, 0.5) is 0 Å². The Morgan fingerprint density at radius 1 is 1.17 bits per heavy atom. The monoisotopic (exact) mass is 319 g/mol. The van der Waals surface area contributed by atoms with E-state index in [9.17, 15) is 0 Å². The summed E-state index contributed by atoms with van der Waals surface area (Å²) in [6.45, 7) is 3.85. The van der Waals surface area contributed by atoms with Crippen molar-refractivity contribution in [2.75, 3.05) is 0 Å². The maximum Gasteiger partial charge on any atom is 0.278 e. The van der Waals surface area contributed by atoms with E-state index in [2.05, 4.69) is 55.1 Å². The molecule has 0 unspecified atom stereocenters. The van der Waals surface area contributed by atoms with Gasteiger partial charge in [0.25, 0.3) is 5.89 Å². The molecule has 4 heterocycles. The Kier molecular flexibility index (Phi) is 2.53. The number of aryl methyl sites for hydroxylation is 2. The molecule has 24 heavy (non-hydrogen) atoms. The van der Waals surface area contributed by atoms with Gasteiger partial charge in [0, 0.05) is 6.42 Å². The lowest BCUT2D eigenvalue weighted by molar-refractivity contribution is 0.424. The number of nitrogens with zero attached hydrogens (tertiary/aromatic N) is 7. The van der Waals surface area contributed by atoms with Crippen LogP contribution in [0.25, 0.3) is 23.0 Å². The first-order valence-electron chi connectivity index (χ1n) is 7.58. The van der Waals surface area contributed by atoms with Crippen molar-refractivity contribution in [3.8, 4) is 23.0 Å². The normalized spacial score (nSPS) is 12.4. The van der Waals surface area contributed by atoms with Gasteiger partial charge in [-0.1, -0.05) is 16.4 Å². The molecule has 8 heteroatoms. The van der Waals surface area contributed by atoms with Gasteiger partial charge in [-0.05, 0) is 31.5 Å². The molecule has 4 aromatic rings. The zero-order chi connectivity index (χ0) is 16.3. The van der Waals surface area contributed by atoms with Crippen LogP contribution in [0.1, 0.15) is 22.8 Å². The molecule has 0 fully saturated rings. The summed E-state index contributed by atoms with van der Waals surface area (Å²) < 4.78 is 9.24. The number of rotatable bonds is 1. The summed E-state index contributed by atoms with van der Waals surface area (Å²) in [6.07, 6.45) is 4.19. The van der Waals surface area contributed by atoms with Gasteiger partial charge in [0.2, 0.25) is 0 Å². The van der Waals surface area contributed by atoms with Crippen LogP contribution in [0.15, 0.2) is 35.2 Å². The second-order valence-corrected chi connectivity index (χ2v) is 5.86. The van der Waals surface area contributed by atoms with E-state index in [1.165, 1.54) is 0 Å². The average Bonchev–Trinajstić information content (AvgIpc) is 3.27. The Hall–Kier alpha value is -3.29. The van der Waals surface area contributed by atoms with E-state index in [4.69, 9.17) is 4.52 Å². The summed E-state index contributed by atoms with van der Waals surface area (Å²) >= 11 is 0. The first-order chi connectivity index (χ1) is 11.7. The van der Waals surface area contributed by atoms with Crippen LogP contribution in [0, 0.1) is 13.8 Å². The van der Waals surface area contributed by atoms with Crippen molar-refractivity contribution in [1.29, 1.82) is 0 Å². The van der Waals surface area contributed by atoms with E-state index in [0.29, 0.717) is 23.8 Å². The highest BCUT2D eigenvalue weighted by atomic mass is 16.5. The fourth-order valence-corrected chi connectivity index (χ4v) is 3.08. The van der Waals surface area contributed by atoms with Crippen molar-refractivity contribution in [3.63, 3.8) is 0 Å². The van der Waals surface area contributed by atoms with Gasteiger partial charge in [-0.15, -0.1) is 5.10 Å². The Morgan fingerprint density at radius 2 is 2.08 bits per heavy atom. The smallest absolute Gasteiger partial charge is 0.278 e. The third kappa shape index (κ3) is 1.76. The van der Waals surface area contributed by atoms with Crippen LogP contribution < -0.4 is 0 Å². The van der Waals surface area contributed by atoms with Crippen molar-refractivity contribution in [3.05, 3.63) is 53.5 Å². The quantitative estimate of drug-likeness (QED) is 0.470. The summed E-state index contributed by atoms with van der Waals surface area (Å²) in [4.78, 5) is 8.83. The molecule has 3 aromatic heterocycles. The van der Waals surface area contributed by atoms with Crippen molar-refractivity contribution >= 4 is 0 Å². The summed E-state index contributed by atoms with van der Waals surface area (Å²) in [5.41, 5.74) is 5.79. The lowest BCUT2D eigenvalue weighted by Crippen LogP contribution is -2.03. The minimum Gasteiger partial charge on any atom is -0.332 e. The second-order valence-electron chi connectivity index (χ2n) is 5.86. The minimum absolute atomic E-state index is 0.427. The van der Waals surface area contributed by atoms with Gasteiger partial charge < -0.3 is 4.52 Å².